The number of nitrogens with zero attached hydrogens (tertiary/aromatic N) is 2. The molecular weight excluding hydrogens is 155 g/mol. The van der Waals surface area contributed by atoms with Gasteiger partial charge in [0.2, 0.25) is 0 Å². The van der Waals surface area contributed by atoms with Gasteiger partial charge in [0.05, 0.1) is 5.56 Å². The van der Waals surface area contributed by atoms with Gasteiger partial charge in [-0.05, 0) is 18.4 Å². The highest BCUT2D eigenvalue weighted by molar-refractivity contribution is 5.44. The average Bonchev–Trinajstić information content (AvgIpc) is 2.48. The molecule has 0 aromatic carbocycles. The standard InChI is InChI=1S/C9H7FN2/c10-8-2-1-6-4-12-5-7(3-11)9(6)8/h4-5,8H,1-2H2. The zero-order valence-electron chi connectivity index (χ0n) is 6.42. The Kier molecular flexibility index (Phi) is 1.54. The van der Waals surface area contributed by atoms with Crippen molar-refractivity contribution in [3.05, 3.63) is 29.1 Å². The molecule has 1 aliphatic rings. The first-order valence-electron chi connectivity index (χ1n) is 3.84. The minimum Gasteiger partial charge on any atom is -0.263 e. The van der Waals surface area contributed by atoms with Crippen molar-refractivity contribution in [1.82, 2.24) is 4.98 Å². The summed E-state index contributed by atoms with van der Waals surface area (Å²) in [6.45, 7) is 0. The lowest BCUT2D eigenvalue weighted by Gasteiger charge is -2.01. The maximum absolute atomic E-state index is 13.2. The highest BCUT2D eigenvalue weighted by Gasteiger charge is 2.25. The molecule has 1 aromatic heterocycles. The van der Waals surface area contributed by atoms with E-state index in [-0.39, 0.29) is 0 Å². The van der Waals surface area contributed by atoms with Crippen molar-refractivity contribution in [2.24, 2.45) is 0 Å². The van der Waals surface area contributed by atoms with Crippen molar-refractivity contribution in [3.8, 4) is 6.07 Å². The maximum atomic E-state index is 13.2. The van der Waals surface area contributed by atoms with Gasteiger partial charge in [-0.3, -0.25) is 4.98 Å². The van der Waals surface area contributed by atoms with Crippen LogP contribution >= 0.6 is 0 Å². The van der Waals surface area contributed by atoms with Gasteiger partial charge in [0, 0.05) is 18.0 Å². The fourth-order valence-electron chi connectivity index (χ4n) is 1.60. The molecule has 1 atom stereocenters. The Morgan fingerprint density at radius 1 is 1.58 bits per heavy atom. The van der Waals surface area contributed by atoms with Gasteiger partial charge < -0.3 is 0 Å². The fourth-order valence-corrected chi connectivity index (χ4v) is 1.60. The molecule has 2 nitrogen and oxygen atoms in total. The smallest absolute Gasteiger partial charge is 0.127 e. The zero-order valence-corrected chi connectivity index (χ0v) is 6.42. The van der Waals surface area contributed by atoms with Crippen molar-refractivity contribution < 1.29 is 4.39 Å². The van der Waals surface area contributed by atoms with E-state index in [9.17, 15) is 4.39 Å². The second-order valence-corrected chi connectivity index (χ2v) is 2.88. The van der Waals surface area contributed by atoms with E-state index in [1.165, 1.54) is 6.20 Å². The predicted octanol–water partition coefficient (Wildman–Crippen LogP) is 1.91. The van der Waals surface area contributed by atoms with Crippen LogP contribution in [-0.4, -0.2) is 4.98 Å². The van der Waals surface area contributed by atoms with E-state index in [4.69, 9.17) is 5.26 Å². The third-order valence-electron chi connectivity index (χ3n) is 2.17. The lowest BCUT2D eigenvalue weighted by molar-refractivity contribution is 0.343. The van der Waals surface area contributed by atoms with Crippen LogP contribution in [0.5, 0.6) is 0 Å². The molecule has 0 spiro atoms. The van der Waals surface area contributed by atoms with E-state index >= 15 is 0 Å². The van der Waals surface area contributed by atoms with Crippen LogP contribution < -0.4 is 0 Å². The summed E-state index contributed by atoms with van der Waals surface area (Å²) in [5, 5.41) is 8.66. The molecule has 0 amide bonds. The molecule has 0 saturated carbocycles. The first-order valence-corrected chi connectivity index (χ1v) is 3.84. The van der Waals surface area contributed by atoms with Gasteiger partial charge >= 0.3 is 0 Å². The molecule has 0 aliphatic heterocycles. The summed E-state index contributed by atoms with van der Waals surface area (Å²) < 4.78 is 13.2. The highest BCUT2D eigenvalue weighted by Crippen LogP contribution is 2.35. The molecule has 1 aromatic rings. The molecule has 60 valence electrons. The SMILES string of the molecule is N#Cc1cncc2c1C(F)CC2. The number of aryl methyl sites for hydroxylation is 1. The van der Waals surface area contributed by atoms with Crippen LogP contribution in [0.1, 0.15) is 29.3 Å². The van der Waals surface area contributed by atoms with Gasteiger partial charge in [-0.25, -0.2) is 4.39 Å². The molecule has 1 aliphatic carbocycles. The number of hydrogen-bond acceptors (Lipinski definition) is 2. The largest absolute Gasteiger partial charge is 0.263 e. The van der Waals surface area contributed by atoms with Crippen LogP contribution in [0.25, 0.3) is 0 Å². The second kappa shape index (κ2) is 2.56. The van der Waals surface area contributed by atoms with Crippen LogP contribution in [0.15, 0.2) is 12.4 Å². The van der Waals surface area contributed by atoms with Crippen LogP contribution in [0, 0.1) is 11.3 Å². The normalized spacial score (nSPS) is 20.2. The quantitative estimate of drug-likeness (QED) is 0.584. The van der Waals surface area contributed by atoms with E-state index < -0.39 is 6.17 Å². The fraction of sp³-hybridized carbons (Fsp3) is 0.333. The van der Waals surface area contributed by atoms with E-state index in [1.807, 2.05) is 6.07 Å². The molecule has 3 heteroatoms. The summed E-state index contributed by atoms with van der Waals surface area (Å²) >= 11 is 0. The second-order valence-electron chi connectivity index (χ2n) is 2.88. The number of nitriles is 1. The summed E-state index contributed by atoms with van der Waals surface area (Å²) in [7, 11) is 0. The first-order chi connectivity index (χ1) is 5.83. The molecular formula is C9H7FN2. The van der Waals surface area contributed by atoms with Gasteiger partial charge in [0.1, 0.15) is 12.2 Å². The van der Waals surface area contributed by atoms with Crippen LogP contribution in [-0.2, 0) is 6.42 Å². The Morgan fingerprint density at radius 3 is 3.17 bits per heavy atom. The van der Waals surface area contributed by atoms with Gasteiger partial charge in [0.25, 0.3) is 0 Å². The summed E-state index contributed by atoms with van der Waals surface area (Å²) in [4.78, 5) is 3.87. The average molecular weight is 162 g/mol. The monoisotopic (exact) mass is 162 g/mol. The number of pyridine rings is 1. The van der Waals surface area contributed by atoms with Crippen molar-refractivity contribution in [3.63, 3.8) is 0 Å². The number of alkyl halides is 1. The summed E-state index contributed by atoms with van der Waals surface area (Å²) in [5.41, 5.74) is 1.84. The Bertz CT molecular complexity index is 354. The van der Waals surface area contributed by atoms with Gasteiger partial charge in [-0.2, -0.15) is 5.26 Å². The number of fused-ring (bicyclic) bond motifs is 1. The summed E-state index contributed by atoms with van der Waals surface area (Å²) in [6.07, 6.45) is 3.32. The van der Waals surface area contributed by atoms with Crippen LogP contribution in [0.3, 0.4) is 0 Å². The van der Waals surface area contributed by atoms with Gasteiger partial charge in [0.15, 0.2) is 0 Å². The number of hydrogen-bond donors (Lipinski definition) is 0. The minimum atomic E-state index is -0.961. The Morgan fingerprint density at radius 2 is 2.42 bits per heavy atom. The molecule has 0 fully saturated rings. The predicted molar refractivity (Wildman–Crippen MR) is 41.1 cm³/mol. The van der Waals surface area contributed by atoms with Gasteiger partial charge in [-0.15, -0.1) is 0 Å². The molecule has 1 heterocycles. The Labute approximate surface area is 69.7 Å². The summed E-state index contributed by atoms with van der Waals surface area (Å²) in [5.74, 6) is 0. The van der Waals surface area contributed by atoms with Crippen LogP contribution in [0.4, 0.5) is 4.39 Å². The zero-order chi connectivity index (χ0) is 8.55. The first kappa shape index (κ1) is 7.23. The highest BCUT2D eigenvalue weighted by atomic mass is 19.1. The number of halogens is 1. The van der Waals surface area contributed by atoms with Crippen molar-refractivity contribution in [1.29, 1.82) is 5.26 Å². The number of rotatable bonds is 0. The molecule has 0 radical (unpaired) electrons. The topological polar surface area (TPSA) is 36.7 Å². The Hall–Kier alpha value is -1.43. The molecule has 1 unspecified atom stereocenters. The van der Waals surface area contributed by atoms with E-state index in [0.29, 0.717) is 24.0 Å². The summed E-state index contributed by atoms with van der Waals surface area (Å²) in [6, 6.07) is 1.96. The van der Waals surface area contributed by atoms with E-state index in [1.54, 1.807) is 6.20 Å². The molecule has 0 N–H and O–H groups in total. The van der Waals surface area contributed by atoms with E-state index in [0.717, 1.165) is 5.56 Å². The Balaban J connectivity index is 2.62. The number of aromatic nitrogens is 1. The van der Waals surface area contributed by atoms with Crippen molar-refractivity contribution in [2.45, 2.75) is 19.0 Å². The maximum Gasteiger partial charge on any atom is 0.127 e. The molecule has 12 heavy (non-hydrogen) atoms. The molecule has 2 rings (SSSR count). The lowest BCUT2D eigenvalue weighted by Crippen LogP contribution is -1.92. The lowest BCUT2D eigenvalue weighted by atomic mass is 10.1. The third-order valence-corrected chi connectivity index (χ3v) is 2.17. The molecule has 0 bridgehead atoms. The van der Waals surface area contributed by atoms with Gasteiger partial charge in [-0.1, -0.05) is 0 Å². The van der Waals surface area contributed by atoms with Crippen molar-refractivity contribution >= 4 is 0 Å². The van der Waals surface area contributed by atoms with Crippen LogP contribution in [0.2, 0.25) is 0 Å². The minimum absolute atomic E-state index is 0.387. The van der Waals surface area contributed by atoms with E-state index in [2.05, 4.69) is 4.98 Å². The molecule has 0 saturated heterocycles. The third kappa shape index (κ3) is 0.884. The van der Waals surface area contributed by atoms with Crippen molar-refractivity contribution in [2.75, 3.05) is 0 Å².